The maximum Gasteiger partial charge on any atom is 0.291 e. The molecule has 7 nitrogen and oxygen atoms in total. The number of carbonyl (C=O) groups is 1. The first-order valence-electron chi connectivity index (χ1n) is 9.99. The second-order valence-corrected chi connectivity index (χ2v) is 10.7. The highest BCUT2D eigenvalue weighted by Crippen LogP contribution is 2.21. The molecule has 10 heteroatoms. The fourth-order valence-corrected chi connectivity index (χ4v) is 5.00. The Labute approximate surface area is 193 Å². The molecular weight excluding hydrogens is 465 g/mol. The van der Waals surface area contributed by atoms with Crippen molar-refractivity contribution in [2.24, 2.45) is 0 Å². The van der Waals surface area contributed by atoms with Gasteiger partial charge in [-0.05, 0) is 61.9 Å². The van der Waals surface area contributed by atoms with Gasteiger partial charge in [-0.1, -0.05) is 0 Å². The quantitative estimate of drug-likeness (QED) is 0.372. The first-order chi connectivity index (χ1) is 15.6. The highest BCUT2D eigenvalue weighted by atomic mass is 32.2. The zero-order valence-corrected chi connectivity index (χ0v) is 19.5. The number of hydrogen-bond donors (Lipinski definition) is 0. The van der Waals surface area contributed by atoms with Crippen LogP contribution in [0.15, 0.2) is 70.9 Å². The molecule has 0 spiro atoms. The third-order valence-corrected chi connectivity index (χ3v) is 6.98. The average molecular weight is 486 g/mol. The molecule has 3 aromatic heterocycles. The summed E-state index contributed by atoms with van der Waals surface area (Å²) in [6, 6.07) is 12.6. The van der Waals surface area contributed by atoms with E-state index in [0.717, 1.165) is 21.8 Å². The van der Waals surface area contributed by atoms with Crippen LogP contribution in [0.25, 0.3) is 11.4 Å². The van der Waals surface area contributed by atoms with Gasteiger partial charge in [-0.15, -0.1) is 11.3 Å². The number of thiophene rings is 1. The van der Waals surface area contributed by atoms with Gasteiger partial charge in [0.05, 0.1) is 10.6 Å². The number of nitrogens with zero attached hydrogens (tertiary/aromatic N) is 3. The summed E-state index contributed by atoms with van der Waals surface area (Å²) in [5.41, 5.74) is 0.629. The van der Waals surface area contributed by atoms with E-state index >= 15 is 0 Å². The maximum absolute atomic E-state index is 13.6. The SMILES string of the molecule is Cc1ccc(C(=O)CCc2cn(-c3ccc(-n4cccc(F)c4=O)cc3)c(S(C)(=O)=O)n2)s1. The van der Waals surface area contributed by atoms with Crippen molar-refractivity contribution in [3.63, 3.8) is 0 Å². The minimum absolute atomic E-state index is 0.0200. The molecule has 0 radical (unpaired) electrons. The number of sulfone groups is 1. The molecule has 170 valence electrons. The van der Waals surface area contributed by atoms with Crippen molar-refractivity contribution < 1.29 is 17.6 Å². The van der Waals surface area contributed by atoms with E-state index in [1.807, 2.05) is 13.0 Å². The monoisotopic (exact) mass is 485 g/mol. The maximum atomic E-state index is 13.6. The van der Waals surface area contributed by atoms with Gasteiger partial charge in [-0.2, -0.15) is 0 Å². The van der Waals surface area contributed by atoms with Gasteiger partial charge in [0.1, 0.15) is 0 Å². The second-order valence-electron chi connectivity index (χ2n) is 7.54. The highest BCUT2D eigenvalue weighted by molar-refractivity contribution is 7.90. The van der Waals surface area contributed by atoms with Crippen molar-refractivity contribution >= 4 is 27.0 Å². The van der Waals surface area contributed by atoms with Gasteiger partial charge in [-0.25, -0.2) is 17.8 Å². The molecule has 1 aromatic carbocycles. The van der Waals surface area contributed by atoms with Crippen LogP contribution in [0.2, 0.25) is 0 Å². The van der Waals surface area contributed by atoms with Crippen molar-refractivity contribution in [2.75, 3.05) is 6.26 Å². The van der Waals surface area contributed by atoms with E-state index in [0.29, 0.717) is 28.4 Å². The molecule has 0 saturated heterocycles. The fourth-order valence-electron chi connectivity index (χ4n) is 3.37. The van der Waals surface area contributed by atoms with Crippen molar-refractivity contribution in [3.05, 3.63) is 92.5 Å². The van der Waals surface area contributed by atoms with Crippen LogP contribution in [0.4, 0.5) is 4.39 Å². The van der Waals surface area contributed by atoms with Crippen molar-refractivity contribution in [3.8, 4) is 11.4 Å². The van der Waals surface area contributed by atoms with E-state index in [1.54, 1.807) is 36.5 Å². The van der Waals surface area contributed by atoms with E-state index in [9.17, 15) is 22.4 Å². The molecule has 0 aliphatic heterocycles. The number of carbonyl (C=O) groups excluding carboxylic acids is 1. The standard InChI is InChI=1S/C23H20FN3O4S2/c1-15-5-12-21(32-15)20(28)11-6-16-14-27(23(25-16)33(2,30)31)18-9-7-17(8-10-18)26-13-3-4-19(24)22(26)29/h3-5,7-10,12-14H,6,11H2,1-2H3. The minimum Gasteiger partial charge on any atom is -0.293 e. The highest BCUT2D eigenvalue weighted by Gasteiger charge is 2.20. The van der Waals surface area contributed by atoms with Crippen LogP contribution in [-0.4, -0.2) is 34.6 Å². The molecular formula is C23H20FN3O4S2. The van der Waals surface area contributed by atoms with Crippen LogP contribution in [0, 0.1) is 12.7 Å². The largest absolute Gasteiger partial charge is 0.293 e. The summed E-state index contributed by atoms with van der Waals surface area (Å²) < 4.78 is 40.9. The van der Waals surface area contributed by atoms with Crippen LogP contribution in [0.1, 0.15) is 26.7 Å². The van der Waals surface area contributed by atoms with Crippen LogP contribution in [-0.2, 0) is 16.3 Å². The predicted octanol–water partition coefficient (Wildman–Crippen LogP) is 3.75. The van der Waals surface area contributed by atoms with Crippen molar-refractivity contribution in [1.82, 2.24) is 14.1 Å². The molecule has 0 unspecified atom stereocenters. The minimum atomic E-state index is -3.66. The number of aromatic nitrogens is 3. The molecule has 0 saturated carbocycles. The van der Waals surface area contributed by atoms with Gasteiger partial charge in [0.2, 0.25) is 15.0 Å². The lowest BCUT2D eigenvalue weighted by atomic mass is 10.1. The normalized spacial score (nSPS) is 11.6. The number of ketones is 1. The summed E-state index contributed by atoms with van der Waals surface area (Å²) in [6.07, 6.45) is 4.61. The first kappa shape index (κ1) is 22.8. The number of imidazole rings is 1. The summed E-state index contributed by atoms with van der Waals surface area (Å²) in [5, 5.41) is -0.146. The van der Waals surface area contributed by atoms with Crippen LogP contribution < -0.4 is 5.56 Å². The summed E-state index contributed by atoms with van der Waals surface area (Å²) >= 11 is 1.42. The average Bonchev–Trinajstić information content (AvgIpc) is 3.41. The smallest absolute Gasteiger partial charge is 0.291 e. The van der Waals surface area contributed by atoms with Gasteiger partial charge in [0, 0.05) is 41.3 Å². The number of rotatable bonds is 7. The summed E-state index contributed by atoms with van der Waals surface area (Å²) in [6.45, 7) is 1.93. The van der Waals surface area contributed by atoms with Gasteiger partial charge in [0.25, 0.3) is 5.56 Å². The molecule has 0 aliphatic rings. The van der Waals surface area contributed by atoms with Crippen LogP contribution in [0.5, 0.6) is 0 Å². The van der Waals surface area contributed by atoms with E-state index in [4.69, 9.17) is 0 Å². The summed E-state index contributed by atoms with van der Waals surface area (Å²) in [4.78, 5) is 30.4. The molecule has 33 heavy (non-hydrogen) atoms. The Hall–Kier alpha value is -3.37. The van der Waals surface area contributed by atoms with Crippen molar-refractivity contribution in [2.45, 2.75) is 24.9 Å². The summed E-state index contributed by atoms with van der Waals surface area (Å²) in [5.74, 6) is -0.888. The first-order valence-corrected chi connectivity index (χ1v) is 12.7. The number of benzene rings is 1. The molecule has 0 aliphatic carbocycles. The van der Waals surface area contributed by atoms with Gasteiger partial charge in [-0.3, -0.25) is 18.7 Å². The Morgan fingerprint density at radius 2 is 1.73 bits per heavy atom. The molecule has 3 heterocycles. The van der Waals surface area contributed by atoms with Crippen molar-refractivity contribution in [1.29, 1.82) is 0 Å². The van der Waals surface area contributed by atoms with Crippen LogP contribution >= 0.6 is 11.3 Å². The Balaban J connectivity index is 1.63. The lowest BCUT2D eigenvalue weighted by molar-refractivity contribution is 0.0986. The Kier molecular flexibility index (Phi) is 6.13. The van der Waals surface area contributed by atoms with Gasteiger partial charge < -0.3 is 0 Å². The topological polar surface area (TPSA) is 91.0 Å². The Morgan fingerprint density at radius 1 is 1.06 bits per heavy atom. The van der Waals surface area contributed by atoms with Gasteiger partial charge in [0.15, 0.2) is 11.6 Å². The number of hydrogen-bond acceptors (Lipinski definition) is 6. The zero-order valence-electron chi connectivity index (χ0n) is 17.9. The molecule has 0 N–H and O–H groups in total. The molecule has 4 aromatic rings. The fraction of sp³-hybridized carbons (Fsp3) is 0.174. The number of aryl methyl sites for hydroxylation is 2. The number of halogens is 1. The van der Waals surface area contributed by atoms with E-state index in [-0.39, 0.29) is 17.4 Å². The molecule has 0 bridgehead atoms. The third-order valence-electron chi connectivity index (χ3n) is 4.99. The molecule has 4 rings (SSSR count). The molecule has 0 amide bonds. The third kappa shape index (κ3) is 4.86. The van der Waals surface area contributed by atoms with Crippen LogP contribution in [0.3, 0.4) is 0 Å². The van der Waals surface area contributed by atoms with E-state index < -0.39 is 21.2 Å². The summed E-state index contributed by atoms with van der Waals surface area (Å²) in [7, 11) is -3.66. The number of pyridine rings is 1. The molecule has 0 fully saturated rings. The zero-order chi connectivity index (χ0) is 23.8. The van der Waals surface area contributed by atoms with E-state index in [2.05, 4.69) is 4.98 Å². The lowest BCUT2D eigenvalue weighted by Crippen LogP contribution is -2.20. The predicted molar refractivity (Wildman–Crippen MR) is 124 cm³/mol. The van der Waals surface area contributed by atoms with E-state index in [1.165, 1.54) is 28.2 Å². The second kappa shape index (κ2) is 8.87. The number of Topliss-reactive ketones (excluding diaryl/α,β-unsaturated/α-hetero) is 1. The van der Waals surface area contributed by atoms with Gasteiger partial charge >= 0.3 is 0 Å². The Bertz CT molecular complexity index is 1500. The lowest BCUT2D eigenvalue weighted by Gasteiger charge is -2.09. The molecule has 0 atom stereocenters. The Morgan fingerprint density at radius 3 is 2.33 bits per heavy atom.